The molecule has 1 saturated heterocycles. The van der Waals surface area contributed by atoms with Gasteiger partial charge in [-0.25, -0.2) is 0 Å². The summed E-state index contributed by atoms with van der Waals surface area (Å²) >= 11 is 0. The molecule has 0 saturated carbocycles. The lowest BCUT2D eigenvalue weighted by molar-refractivity contribution is -0.149. The van der Waals surface area contributed by atoms with Crippen molar-refractivity contribution in [3.05, 3.63) is 12.2 Å². The van der Waals surface area contributed by atoms with E-state index in [1.54, 1.807) is 0 Å². The summed E-state index contributed by atoms with van der Waals surface area (Å²) < 4.78 is 34.0. The van der Waals surface area contributed by atoms with Crippen LogP contribution in [0.15, 0.2) is 12.2 Å². The first kappa shape index (κ1) is 38.9. The number of carbonyl (C=O) groups excluding carboxylic acids is 1. The molecule has 0 amide bonds. The predicted octanol–water partition coefficient (Wildman–Crippen LogP) is 4.12. The summed E-state index contributed by atoms with van der Waals surface area (Å²) in [6.07, 6.45) is 18.8. The molecule has 0 aromatic carbocycles. The van der Waals surface area contributed by atoms with Gasteiger partial charge in [0, 0.05) is 6.42 Å². The van der Waals surface area contributed by atoms with Crippen molar-refractivity contribution in [2.45, 2.75) is 121 Å². The minimum absolute atomic E-state index is 0.0910. The first-order valence-electron chi connectivity index (χ1n) is 16.3. The van der Waals surface area contributed by atoms with Crippen molar-refractivity contribution in [3.63, 3.8) is 0 Å². The van der Waals surface area contributed by atoms with Crippen molar-refractivity contribution in [2.24, 2.45) is 0 Å². The molecule has 10 nitrogen and oxygen atoms in total. The molecule has 1 aliphatic heterocycles. The zero-order valence-electron chi connectivity index (χ0n) is 26.1. The van der Waals surface area contributed by atoms with Crippen LogP contribution < -0.4 is 0 Å². The number of rotatable bonds is 30. The Bertz CT molecular complexity index is 632. The molecular formula is C32H60O10. The summed E-state index contributed by atoms with van der Waals surface area (Å²) in [5, 5.41) is 27.5. The highest BCUT2D eigenvalue weighted by Crippen LogP contribution is 2.25. The van der Waals surface area contributed by atoms with E-state index in [0.29, 0.717) is 6.42 Å². The Morgan fingerprint density at radius 2 is 1.40 bits per heavy atom. The number of ether oxygens (including phenoxy) is 6. The van der Waals surface area contributed by atoms with Crippen LogP contribution in [0.5, 0.6) is 0 Å². The van der Waals surface area contributed by atoms with E-state index in [1.165, 1.54) is 57.8 Å². The van der Waals surface area contributed by atoms with Gasteiger partial charge in [0.1, 0.15) is 31.0 Å². The maximum Gasteiger partial charge on any atom is 0.305 e. The third-order valence-electron chi connectivity index (χ3n) is 7.17. The second-order valence-electron chi connectivity index (χ2n) is 10.8. The van der Waals surface area contributed by atoms with E-state index in [9.17, 15) is 15.0 Å². The molecule has 1 heterocycles. The third kappa shape index (κ3) is 20.0. The Kier molecular flexibility index (Phi) is 26.5. The van der Waals surface area contributed by atoms with Gasteiger partial charge in [-0.3, -0.25) is 4.79 Å². The zero-order chi connectivity index (χ0) is 30.5. The second-order valence-corrected chi connectivity index (χ2v) is 10.8. The summed E-state index contributed by atoms with van der Waals surface area (Å²) in [4.78, 5) is 12.1. The van der Waals surface area contributed by atoms with Crippen LogP contribution in [0.4, 0.5) is 0 Å². The number of hydrogen-bond donors (Lipinski definition) is 3. The summed E-state index contributed by atoms with van der Waals surface area (Å²) in [7, 11) is 0. The van der Waals surface area contributed by atoms with E-state index in [4.69, 9.17) is 33.5 Å². The molecule has 1 fully saturated rings. The smallest absolute Gasteiger partial charge is 0.305 e. The molecule has 1 rings (SSSR count). The van der Waals surface area contributed by atoms with Gasteiger partial charge in [-0.1, -0.05) is 70.4 Å². The van der Waals surface area contributed by atoms with Gasteiger partial charge < -0.3 is 43.7 Å². The van der Waals surface area contributed by atoms with Gasteiger partial charge in [0.25, 0.3) is 0 Å². The largest absolute Gasteiger partial charge is 0.463 e. The number of aliphatic hydroxyl groups excluding tert-OH is 3. The van der Waals surface area contributed by atoms with E-state index in [-0.39, 0.29) is 72.0 Å². The fourth-order valence-electron chi connectivity index (χ4n) is 4.93. The van der Waals surface area contributed by atoms with Gasteiger partial charge in [-0.05, 0) is 32.1 Å². The summed E-state index contributed by atoms with van der Waals surface area (Å²) in [6.45, 7) is 2.87. The van der Waals surface area contributed by atoms with Crippen molar-refractivity contribution in [1.82, 2.24) is 0 Å². The number of hydrogen-bond acceptors (Lipinski definition) is 10. The van der Waals surface area contributed by atoms with Crippen LogP contribution in [-0.2, 0) is 33.2 Å². The fourth-order valence-corrected chi connectivity index (χ4v) is 4.93. The van der Waals surface area contributed by atoms with Crippen molar-refractivity contribution >= 4 is 5.97 Å². The lowest BCUT2D eigenvalue weighted by atomic mass is 10.1. The molecule has 3 N–H and O–H groups in total. The molecule has 0 aromatic rings. The molecule has 42 heavy (non-hydrogen) atoms. The number of carbonyl (C=O) groups is 1. The van der Waals surface area contributed by atoms with Crippen molar-refractivity contribution in [1.29, 1.82) is 0 Å². The normalized spacial score (nSPS) is 19.6. The fraction of sp³-hybridized carbons (Fsp3) is 0.906. The molecule has 0 aromatic heterocycles. The van der Waals surface area contributed by atoms with Crippen LogP contribution in [0.3, 0.4) is 0 Å². The van der Waals surface area contributed by atoms with Crippen LogP contribution in [0.25, 0.3) is 0 Å². The summed E-state index contributed by atoms with van der Waals surface area (Å²) in [5.74, 6) is -0.218. The molecule has 2 unspecified atom stereocenters. The molecule has 10 heteroatoms. The Hall–Kier alpha value is -1.11. The first-order valence-corrected chi connectivity index (χ1v) is 16.3. The molecule has 1 aliphatic rings. The molecule has 4 atom stereocenters. The van der Waals surface area contributed by atoms with Crippen molar-refractivity contribution in [3.8, 4) is 0 Å². The third-order valence-corrected chi connectivity index (χ3v) is 7.17. The van der Waals surface area contributed by atoms with Crippen LogP contribution in [-0.4, -0.2) is 112 Å². The zero-order valence-corrected chi connectivity index (χ0v) is 26.1. The van der Waals surface area contributed by atoms with E-state index >= 15 is 0 Å². The number of allylic oxidation sites excluding steroid dienone is 2. The monoisotopic (exact) mass is 604 g/mol. The van der Waals surface area contributed by atoms with Crippen LogP contribution >= 0.6 is 0 Å². The van der Waals surface area contributed by atoms with Crippen LogP contribution in [0.2, 0.25) is 0 Å². The van der Waals surface area contributed by atoms with Crippen molar-refractivity contribution < 1.29 is 48.5 Å². The standard InChI is InChI=1S/C32H60O10/c1-2-3-4-5-6-7-8-9-10-11-12-13-14-15-16-17-30(36)40-25-24-37-26-28(38-21-18-33)32-31(41-23-20-35)29(27-42-32)39-22-19-34/h9-10,28-29,31-35H,2-8,11-27H2,1H3/b10-9-/t28?,29?,31-,32-/m1/s1. The van der Waals surface area contributed by atoms with Gasteiger partial charge in [0.2, 0.25) is 0 Å². The number of unbranched alkanes of at least 4 members (excludes halogenated alkanes) is 11. The molecular weight excluding hydrogens is 544 g/mol. The molecule has 0 aliphatic carbocycles. The Labute approximate surface area is 254 Å². The van der Waals surface area contributed by atoms with E-state index in [0.717, 1.165) is 25.7 Å². The lowest BCUT2D eigenvalue weighted by Gasteiger charge is -2.29. The van der Waals surface area contributed by atoms with Crippen LogP contribution in [0, 0.1) is 0 Å². The highest BCUT2D eigenvalue weighted by atomic mass is 16.6. The Balaban J connectivity index is 2.13. The van der Waals surface area contributed by atoms with Gasteiger partial charge in [0.15, 0.2) is 0 Å². The average molecular weight is 605 g/mol. The van der Waals surface area contributed by atoms with Gasteiger partial charge in [-0.2, -0.15) is 0 Å². The SMILES string of the molecule is CCCCCCCC/C=C\CCCCCCCC(=O)OCCOCC(OCCO)[C@H]1OCC(OCCO)[C@H]1OCCO. The van der Waals surface area contributed by atoms with Gasteiger partial charge in [0.05, 0.1) is 59.5 Å². The molecule has 248 valence electrons. The number of esters is 1. The maximum atomic E-state index is 12.1. The first-order chi connectivity index (χ1) is 20.7. The summed E-state index contributed by atoms with van der Waals surface area (Å²) in [5.41, 5.74) is 0. The highest BCUT2D eigenvalue weighted by Gasteiger charge is 2.44. The van der Waals surface area contributed by atoms with E-state index in [2.05, 4.69) is 19.1 Å². The number of aliphatic hydroxyl groups is 3. The quantitative estimate of drug-likeness (QED) is 0.0625. The highest BCUT2D eigenvalue weighted by molar-refractivity contribution is 5.69. The molecule has 0 radical (unpaired) electrons. The minimum Gasteiger partial charge on any atom is -0.463 e. The lowest BCUT2D eigenvalue weighted by Crippen LogP contribution is -2.45. The predicted molar refractivity (Wildman–Crippen MR) is 161 cm³/mol. The van der Waals surface area contributed by atoms with E-state index < -0.39 is 24.4 Å². The Morgan fingerprint density at radius 3 is 2.07 bits per heavy atom. The topological polar surface area (TPSA) is 133 Å². The second kappa shape index (κ2) is 28.6. The summed E-state index contributed by atoms with van der Waals surface area (Å²) in [6, 6.07) is 0. The Morgan fingerprint density at radius 1 is 0.786 bits per heavy atom. The molecule has 0 bridgehead atoms. The van der Waals surface area contributed by atoms with Crippen LogP contribution in [0.1, 0.15) is 96.8 Å². The van der Waals surface area contributed by atoms with E-state index in [1.807, 2.05) is 0 Å². The van der Waals surface area contributed by atoms with Gasteiger partial charge >= 0.3 is 5.97 Å². The van der Waals surface area contributed by atoms with Gasteiger partial charge in [-0.15, -0.1) is 0 Å². The molecule has 0 spiro atoms. The average Bonchev–Trinajstić information content (AvgIpc) is 3.40. The maximum absolute atomic E-state index is 12.1. The minimum atomic E-state index is -0.560. The van der Waals surface area contributed by atoms with Crippen molar-refractivity contribution in [2.75, 3.05) is 66.1 Å².